The lowest BCUT2D eigenvalue weighted by atomic mass is 10.1. The SMILES string of the molecule is CN(C)SS(=O)(=O)c1cccc2c(S(=O)(=O)SN(C)C)cccc12. The standard InChI is InChI=1S/C14H18N2O4S4/c1-15(2)21-23(17,18)13-9-5-8-12-11(13)7-6-10-14(12)24(19,20)22-16(3)4/h5-10H,1-4H3. The summed E-state index contributed by atoms with van der Waals surface area (Å²) in [5.74, 6) is 0. The summed E-state index contributed by atoms with van der Waals surface area (Å²) in [4.78, 5) is 0.205. The Morgan fingerprint density at radius 3 is 1.29 bits per heavy atom. The third-order valence-corrected chi connectivity index (χ3v) is 9.70. The van der Waals surface area contributed by atoms with Crippen LogP contribution >= 0.6 is 22.0 Å². The van der Waals surface area contributed by atoms with Crippen molar-refractivity contribution in [3.05, 3.63) is 36.4 Å². The van der Waals surface area contributed by atoms with E-state index in [2.05, 4.69) is 0 Å². The van der Waals surface area contributed by atoms with Gasteiger partial charge in [-0.3, -0.25) is 0 Å². The van der Waals surface area contributed by atoms with Crippen LogP contribution in [-0.4, -0.2) is 53.6 Å². The van der Waals surface area contributed by atoms with Gasteiger partial charge in [-0.25, -0.2) is 25.4 Å². The molecule has 2 rings (SSSR count). The van der Waals surface area contributed by atoms with Crippen LogP contribution in [-0.2, 0) is 17.7 Å². The summed E-state index contributed by atoms with van der Waals surface area (Å²) in [6.45, 7) is 0. The molecule has 0 N–H and O–H groups in total. The quantitative estimate of drug-likeness (QED) is 0.535. The third-order valence-electron chi connectivity index (χ3n) is 2.88. The van der Waals surface area contributed by atoms with E-state index in [1.165, 1.54) is 20.7 Å². The van der Waals surface area contributed by atoms with Crippen molar-refractivity contribution in [2.45, 2.75) is 9.79 Å². The fourth-order valence-corrected chi connectivity index (χ4v) is 8.20. The van der Waals surface area contributed by atoms with E-state index in [0.29, 0.717) is 32.7 Å². The highest BCUT2D eigenvalue weighted by Gasteiger charge is 2.24. The van der Waals surface area contributed by atoms with Gasteiger partial charge in [-0.15, -0.1) is 0 Å². The van der Waals surface area contributed by atoms with E-state index < -0.39 is 17.7 Å². The molecule has 0 unspecified atom stereocenters. The lowest BCUT2D eigenvalue weighted by molar-refractivity contribution is 0.606. The minimum atomic E-state index is -3.64. The highest BCUT2D eigenvalue weighted by Crippen LogP contribution is 2.36. The molecule has 0 bridgehead atoms. The Kier molecular flexibility index (Phi) is 5.88. The van der Waals surface area contributed by atoms with Gasteiger partial charge in [0.2, 0.25) is 17.7 Å². The zero-order valence-corrected chi connectivity index (χ0v) is 16.9. The Morgan fingerprint density at radius 2 is 1.00 bits per heavy atom. The maximum atomic E-state index is 12.6. The van der Waals surface area contributed by atoms with Gasteiger partial charge in [-0.1, -0.05) is 24.3 Å². The van der Waals surface area contributed by atoms with E-state index in [0.717, 1.165) is 0 Å². The molecule has 132 valence electrons. The van der Waals surface area contributed by atoms with Gasteiger partial charge in [0, 0.05) is 10.8 Å². The Bertz CT molecular complexity index is 875. The summed E-state index contributed by atoms with van der Waals surface area (Å²) < 4.78 is 53.2. The van der Waals surface area contributed by atoms with Crippen LogP contribution in [0.5, 0.6) is 0 Å². The molecule has 0 aliphatic carbocycles. The molecule has 10 heteroatoms. The Labute approximate surface area is 150 Å². The lowest BCUT2D eigenvalue weighted by Gasteiger charge is -2.14. The average Bonchev–Trinajstić information content (AvgIpc) is 2.43. The number of rotatable bonds is 6. The van der Waals surface area contributed by atoms with Crippen molar-refractivity contribution in [1.29, 1.82) is 0 Å². The number of benzene rings is 2. The van der Waals surface area contributed by atoms with E-state index in [4.69, 9.17) is 0 Å². The molecule has 0 spiro atoms. The second-order valence-corrected chi connectivity index (χ2v) is 13.3. The summed E-state index contributed by atoms with van der Waals surface area (Å²) in [7, 11) is 0.644. The van der Waals surface area contributed by atoms with Crippen LogP contribution in [0.1, 0.15) is 0 Å². The first kappa shape index (κ1) is 19.5. The van der Waals surface area contributed by atoms with Crippen molar-refractivity contribution in [3.63, 3.8) is 0 Å². The fourth-order valence-electron chi connectivity index (χ4n) is 2.16. The zero-order valence-electron chi connectivity index (χ0n) is 13.6. The van der Waals surface area contributed by atoms with Crippen LogP contribution in [0.3, 0.4) is 0 Å². The van der Waals surface area contributed by atoms with Crippen molar-refractivity contribution in [2.24, 2.45) is 0 Å². The fraction of sp³-hybridized carbons (Fsp3) is 0.286. The topological polar surface area (TPSA) is 74.8 Å². The maximum Gasteiger partial charge on any atom is 0.244 e. The van der Waals surface area contributed by atoms with E-state index in [9.17, 15) is 16.8 Å². The van der Waals surface area contributed by atoms with Crippen molar-refractivity contribution in [1.82, 2.24) is 8.61 Å². The Balaban J connectivity index is 2.72. The van der Waals surface area contributed by atoms with Gasteiger partial charge in [-0.05, 0) is 40.3 Å². The molecule has 0 aromatic heterocycles. The molecule has 0 fully saturated rings. The molecule has 2 aromatic rings. The van der Waals surface area contributed by atoms with Gasteiger partial charge in [-0.2, -0.15) is 0 Å². The summed E-state index contributed by atoms with van der Waals surface area (Å²) in [5.41, 5.74) is 0. The monoisotopic (exact) mass is 406 g/mol. The van der Waals surface area contributed by atoms with Gasteiger partial charge < -0.3 is 0 Å². The predicted octanol–water partition coefficient (Wildman–Crippen LogP) is 2.64. The number of nitrogens with zero attached hydrogens (tertiary/aromatic N) is 2. The van der Waals surface area contributed by atoms with Crippen molar-refractivity contribution in [2.75, 3.05) is 28.2 Å². The van der Waals surface area contributed by atoms with Crippen molar-refractivity contribution >= 4 is 50.5 Å². The van der Waals surface area contributed by atoms with Crippen LogP contribution in [0.2, 0.25) is 0 Å². The molecule has 0 heterocycles. The van der Waals surface area contributed by atoms with Gasteiger partial charge in [0.05, 0.1) is 31.8 Å². The first-order chi connectivity index (χ1) is 11.0. The van der Waals surface area contributed by atoms with E-state index in [-0.39, 0.29) is 9.79 Å². The minimum Gasteiger partial charge on any atom is -0.243 e. The normalized spacial score (nSPS) is 13.1. The molecule has 0 aliphatic rings. The average molecular weight is 407 g/mol. The summed E-state index contributed by atoms with van der Waals surface area (Å²) in [6.07, 6.45) is 0. The Morgan fingerprint density at radius 1 is 0.667 bits per heavy atom. The molecule has 0 saturated heterocycles. The molecule has 0 aliphatic heterocycles. The minimum absolute atomic E-state index is 0.102. The highest BCUT2D eigenvalue weighted by molar-refractivity contribution is 8.71. The second kappa shape index (κ2) is 7.22. The van der Waals surface area contributed by atoms with Crippen LogP contribution in [0.15, 0.2) is 46.2 Å². The molecule has 6 nitrogen and oxygen atoms in total. The third kappa shape index (κ3) is 4.24. The largest absolute Gasteiger partial charge is 0.244 e. The summed E-state index contributed by atoms with van der Waals surface area (Å²) >= 11 is 0. The van der Waals surface area contributed by atoms with Crippen LogP contribution in [0, 0.1) is 0 Å². The summed E-state index contributed by atoms with van der Waals surface area (Å²) in [6, 6.07) is 9.35. The van der Waals surface area contributed by atoms with Gasteiger partial charge in [0.1, 0.15) is 0 Å². The highest BCUT2D eigenvalue weighted by atomic mass is 33.1. The van der Waals surface area contributed by atoms with Gasteiger partial charge in [0.25, 0.3) is 0 Å². The van der Waals surface area contributed by atoms with Crippen molar-refractivity contribution < 1.29 is 16.8 Å². The van der Waals surface area contributed by atoms with E-state index in [1.807, 2.05) is 0 Å². The Hall–Kier alpha value is -0.780. The van der Waals surface area contributed by atoms with Crippen LogP contribution in [0.4, 0.5) is 0 Å². The molecule has 24 heavy (non-hydrogen) atoms. The number of hydrogen-bond acceptors (Lipinski definition) is 8. The summed E-state index contributed by atoms with van der Waals surface area (Å²) in [5, 5.41) is 0.791. The maximum absolute atomic E-state index is 12.6. The molecule has 0 radical (unpaired) electrons. The molecular weight excluding hydrogens is 388 g/mol. The number of hydrogen-bond donors (Lipinski definition) is 0. The molecular formula is C14H18N2O4S4. The van der Waals surface area contributed by atoms with Crippen LogP contribution in [0.25, 0.3) is 10.8 Å². The number of fused-ring (bicyclic) bond motifs is 1. The smallest absolute Gasteiger partial charge is 0.243 e. The van der Waals surface area contributed by atoms with Gasteiger partial charge >= 0.3 is 0 Å². The van der Waals surface area contributed by atoms with E-state index >= 15 is 0 Å². The zero-order chi connectivity index (χ0) is 18.1. The first-order valence-corrected chi connectivity index (χ1v) is 12.3. The molecule has 2 aromatic carbocycles. The predicted molar refractivity (Wildman–Crippen MR) is 101 cm³/mol. The van der Waals surface area contributed by atoms with Gasteiger partial charge in [0.15, 0.2) is 0 Å². The first-order valence-electron chi connectivity index (χ1n) is 6.80. The molecule has 0 saturated carbocycles. The second-order valence-electron chi connectivity index (χ2n) is 5.29. The molecule has 0 amide bonds. The molecule has 0 atom stereocenters. The van der Waals surface area contributed by atoms with E-state index in [1.54, 1.807) is 52.5 Å². The van der Waals surface area contributed by atoms with Crippen molar-refractivity contribution in [3.8, 4) is 0 Å². The van der Waals surface area contributed by atoms with Crippen LogP contribution < -0.4 is 0 Å². The lowest BCUT2D eigenvalue weighted by Crippen LogP contribution is -2.09.